The second kappa shape index (κ2) is 6.57. The predicted molar refractivity (Wildman–Crippen MR) is 94.8 cm³/mol. The van der Waals surface area contributed by atoms with E-state index >= 15 is 0 Å². The van der Waals surface area contributed by atoms with Crippen LogP contribution in [0, 0.1) is 6.92 Å². The highest BCUT2D eigenvalue weighted by molar-refractivity contribution is 7.90. The summed E-state index contributed by atoms with van der Waals surface area (Å²) >= 11 is 0. The second-order valence-electron chi connectivity index (χ2n) is 5.60. The Balaban J connectivity index is 2.11. The maximum atomic E-state index is 12.3. The molecular formula is C19H16O5S. The van der Waals surface area contributed by atoms with Crippen LogP contribution >= 0.6 is 0 Å². The first-order valence-corrected chi connectivity index (χ1v) is 9.42. The zero-order chi connectivity index (χ0) is 18.0. The number of ether oxygens (including phenoxy) is 1. The fourth-order valence-electron chi connectivity index (χ4n) is 2.40. The van der Waals surface area contributed by atoms with Crippen molar-refractivity contribution >= 4 is 9.84 Å². The van der Waals surface area contributed by atoms with Crippen molar-refractivity contribution in [2.75, 3.05) is 6.26 Å². The van der Waals surface area contributed by atoms with Crippen molar-refractivity contribution in [1.29, 1.82) is 0 Å². The zero-order valence-electron chi connectivity index (χ0n) is 13.7. The van der Waals surface area contributed by atoms with E-state index in [1.807, 2.05) is 6.07 Å². The molecule has 0 bridgehead atoms. The summed E-state index contributed by atoms with van der Waals surface area (Å²) in [5, 5.41) is 0. The van der Waals surface area contributed by atoms with Crippen molar-refractivity contribution in [2.45, 2.75) is 11.8 Å². The molecule has 0 N–H and O–H groups in total. The quantitative estimate of drug-likeness (QED) is 0.711. The number of hydrogen-bond acceptors (Lipinski definition) is 5. The Morgan fingerprint density at radius 3 is 2.20 bits per heavy atom. The number of benzene rings is 2. The van der Waals surface area contributed by atoms with E-state index in [0.717, 1.165) is 6.26 Å². The Kier molecular flexibility index (Phi) is 4.46. The van der Waals surface area contributed by atoms with Gasteiger partial charge >= 0.3 is 5.63 Å². The maximum absolute atomic E-state index is 12.3. The van der Waals surface area contributed by atoms with E-state index in [1.54, 1.807) is 49.4 Å². The lowest BCUT2D eigenvalue weighted by molar-refractivity contribution is 0.410. The van der Waals surface area contributed by atoms with Gasteiger partial charge in [-0.25, -0.2) is 13.2 Å². The van der Waals surface area contributed by atoms with E-state index in [4.69, 9.17) is 9.15 Å². The molecule has 0 spiro atoms. The Hall–Kier alpha value is -2.86. The normalized spacial score (nSPS) is 11.3. The van der Waals surface area contributed by atoms with Crippen LogP contribution in [0.2, 0.25) is 0 Å². The van der Waals surface area contributed by atoms with Gasteiger partial charge in [0.1, 0.15) is 11.5 Å². The number of sulfone groups is 1. The number of aryl methyl sites for hydroxylation is 1. The Bertz CT molecular complexity index is 1050. The highest BCUT2D eigenvalue weighted by Gasteiger charge is 2.16. The van der Waals surface area contributed by atoms with Gasteiger partial charge in [0, 0.05) is 11.8 Å². The number of rotatable bonds is 4. The van der Waals surface area contributed by atoms with E-state index in [1.165, 1.54) is 12.1 Å². The molecule has 2 aromatic carbocycles. The van der Waals surface area contributed by atoms with E-state index in [-0.39, 0.29) is 10.6 Å². The molecule has 0 atom stereocenters. The average molecular weight is 356 g/mol. The molecular weight excluding hydrogens is 340 g/mol. The van der Waals surface area contributed by atoms with Crippen molar-refractivity contribution in [3.8, 4) is 22.6 Å². The lowest BCUT2D eigenvalue weighted by Gasteiger charge is -2.11. The van der Waals surface area contributed by atoms with Crippen LogP contribution in [0.1, 0.15) is 5.76 Å². The van der Waals surface area contributed by atoms with E-state index in [2.05, 4.69) is 0 Å². The van der Waals surface area contributed by atoms with E-state index in [0.29, 0.717) is 22.6 Å². The predicted octanol–water partition coefficient (Wildman–Crippen LogP) is 3.81. The fraction of sp³-hybridized carbons (Fsp3) is 0.105. The summed E-state index contributed by atoms with van der Waals surface area (Å²) < 4.78 is 34.1. The third-order valence-corrected chi connectivity index (χ3v) is 4.72. The van der Waals surface area contributed by atoms with Crippen molar-refractivity contribution in [3.05, 3.63) is 76.8 Å². The molecule has 3 rings (SSSR count). The lowest BCUT2D eigenvalue weighted by atomic mass is 10.1. The van der Waals surface area contributed by atoms with Crippen molar-refractivity contribution in [3.63, 3.8) is 0 Å². The van der Waals surface area contributed by atoms with Crippen LogP contribution in [0.5, 0.6) is 11.5 Å². The van der Waals surface area contributed by atoms with Crippen LogP contribution in [-0.4, -0.2) is 14.7 Å². The van der Waals surface area contributed by atoms with Gasteiger partial charge in [0.05, 0.1) is 4.90 Å². The van der Waals surface area contributed by atoms with Crippen LogP contribution in [0.3, 0.4) is 0 Å². The van der Waals surface area contributed by atoms with Crippen LogP contribution in [0.4, 0.5) is 0 Å². The van der Waals surface area contributed by atoms with Crippen LogP contribution in [-0.2, 0) is 9.84 Å². The monoisotopic (exact) mass is 356 g/mol. The first kappa shape index (κ1) is 17.0. The molecule has 6 heteroatoms. The van der Waals surface area contributed by atoms with Gasteiger partial charge in [-0.1, -0.05) is 30.3 Å². The summed E-state index contributed by atoms with van der Waals surface area (Å²) in [6.07, 6.45) is 1.15. The summed E-state index contributed by atoms with van der Waals surface area (Å²) in [7, 11) is -3.29. The maximum Gasteiger partial charge on any atom is 0.379 e. The fourth-order valence-corrected chi connectivity index (χ4v) is 3.03. The van der Waals surface area contributed by atoms with Crippen LogP contribution < -0.4 is 10.4 Å². The first-order chi connectivity index (χ1) is 11.8. The zero-order valence-corrected chi connectivity index (χ0v) is 14.5. The summed E-state index contributed by atoms with van der Waals surface area (Å²) in [6, 6.07) is 16.9. The summed E-state index contributed by atoms with van der Waals surface area (Å²) in [5.74, 6) is 1.00. The summed E-state index contributed by atoms with van der Waals surface area (Å²) in [5.41, 5.74) is 0.609. The van der Waals surface area contributed by atoms with Crippen molar-refractivity contribution in [1.82, 2.24) is 0 Å². The molecule has 25 heavy (non-hydrogen) atoms. The smallest absolute Gasteiger partial charge is 0.379 e. The van der Waals surface area contributed by atoms with Gasteiger partial charge in [-0.2, -0.15) is 0 Å². The van der Waals surface area contributed by atoms with Gasteiger partial charge in [-0.05, 0) is 42.8 Å². The molecule has 3 aromatic rings. The number of para-hydroxylation sites is 1. The second-order valence-corrected chi connectivity index (χ2v) is 7.61. The molecule has 1 heterocycles. The molecule has 0 saturated carbocycles. The summed E-state index contributed by atoms with van der Waals surface area (Å²) in [6.45, 7) is 1.67. The van der Waals surface area contributed by atoms with E-state index in [9.17, 15) is 13.2 Å². The molecule has 0 aliphatic heterocycles. The van der Waals surface area contributed by atoms with Gasteiger partial charge in [0.25, 0.3) is 0 Å². The number of hydrogen-bond donors (Lipinski definition) is 0. The highest BCUT2D eigenvalue weighted by atomic mass is 32.2. The molecule has 0 saturated heterocycles. The minimum atomic E-state index is -3.29. The van der Waals surface area contributed by atoms with Gasteiger partial charge < -0.3 is 9.15 Å². The summed E-state index contributed by atoms with van der Waals surface area (Å²) in [4.78, 5) is 12.5. The molecule has 1 aromatic heterocycles. The topological polar surface area (TPSA) is 73.6 Å². The van der Waals surface area contributed by atoms with Crippen LogP contribution in [0.15, 0.2) is 74.8 Å². The average Bonchev–Trinajstić information content (AvgIpc) is 2.57. The van der Waals surface area contributed by atoms with Gasteiger partial charge in [0.15, 0.2) is 9.84 Å². The minimum absolute atomic E-state index is 0.0592. The van der Waals surface area contributed by atoms with Gasteiger partial charge in [0.2, 0.25) is 5.75 Å². The van der Waals surface area contributed by atoms with Crippen molar-refractivity contribution in [2.24, 2.45) is 0 Å². The largest absolute Gasteiger partial charge is 0.449 e. The standard InChI is InChI=1S/C19H16O5S/c1-13-12-17(14-8-10-16(11-9-14)25(2,21)22)18(19(20)23-13)24-15-6-4-3-5-7-15/h3-12H,1-2H3. The van der Waals surface area contributed by atoms with Gasteiger partial charge in [-0.3, -0.25) is 0 Å². The molecule has 5 nitrogen and oxygen atoms in total. The SMILES string of the molecule is Cc1cc(-c2ccc(S(C)(=O)=O)cc2)c(Oc2ccccc2)c(=O)o1. The third kappa shape index (κ3) is 3.80. The third-order valence-electron chi connectivity index (χ3n) is 3.59. The Labute approximate surface area is 145 Å². The highest BCUT2D eigenvalue weighted by Crippen LogP contribution is 2.32. The molecule has 0 amide bonds. The first-order valence-electron chi connectivity index (χ1n) is 7.53. The molecule has 128 valence electrons. The van der Waals surface area contributed by atoms with Crippen molar-refractivity contribution < 1.29 is 17.6 Å². The molecule has 0 unspecified atom stereocenters. The molecule has 0 aliphatic rings. The molecule has 0 aliphatic carbocycles. The van der Waals surface area contributed by atoms with E-state index < -0.39 is 15.5 Å². The van der Waals surface area contributed by atoms with Gasteiger partial charge in [-0.15, -0.1) is 0 Å². The molecule has 0 radical (unpaired) electrons. The van der Waals surface area contributed by atoms with Crippen LogP contribution in [0.25, 0.3) is 11.1 Å². The Morgan fingerprint density at radius 2 is 1.60 bits per heavy atom. The Morgan fingerprint density at radius 1 is 0.960 bits per heavy atom. The lowest BCUT2D eigenvalue weighted by Crippen LogP contribution is -2.06. The molecule has 0 fully saturated rings. The minimum Gasteiger partial charge on any atom is -0.449 e.